The molecule has 3 heteroatoms. The SMILES string of the molecule is C[C@H]1CC[C@@]2(C)C(=CC[C@@H]3[C@@H]2CC[C@]2(C)C(B4OC(C)(C)C(C)(C)O4)=CC[C@@H]32)C1. The molecule has 6 atom stereocenters. The third-order valence-corrected chi connectivity index (χ3v) is 10.5. The van der Waals surface area contributed by atoms with Gasteiger partial charge in [-0.05, 0) is 113 Å². The van der Waals surface area contributed by atoms with Gasteiger partial charge in [-0.3, -0.25) is 0 Å². The lowest BCUT2D eigenvalue weighted by molar-refractivity contribution is -0.0194. The van der Waals surface area contributed by atoms with Crippen LogP contribution in [0.25, 0.3) is 0 Å². The predicted octanol–water partition coefficient (Wildman–Crippen LogP) is 6.75. The predicted molar refractivity (Wildman–Crippen MR) is 120 cm³/mol. The van der Waals surface area contributed by atoms with E-state index in [1.165, 1.54) is 50.4 Å². The smallest absolute Gasteiger partial charge is 0.400 e. The molecule has 0 spiro atoms. The van der Waals surface area contributed by atoms with E-state index in [0.717, 1.165) is 23.7 Å². The van der Waals surface area contributed by atoms with E-state index in [0.29, 0.717) is 5.41 Å². The van der Waals surface area contributed by atoms with Gasteiger partial charge in [0.1, 0.15) is 0 Å². The van der Waals surface area contributed by atoms with Gasteiger partial charge in [0, 0.05) is 0 Å². The molecule has 1 aliphatic heterocycles. The summed E-state index contributed by atoms with van der Waals surface area (Å²) in [6.07, 6.45) is 14.5. The van der Waals surface area contributed by atoms with Gasteiger partial charge in [0.2, 0.25) is 0 Å². The molecular formula is C26H41BO2. The maximum Gasteiger partial charge on any atom is 0.490 e. The van der Waals surface area contributed by atoms with Crippen molar-refractivity contribution in [2.45, 2.75) is 105 Å². The molecule has 0 aromatic heterocycles. The maximum atomic E-state index is 6.51. The van der Waals surface area contributed by atoms with E-state index < -0.39 is 0 Å². The Labute approximate surface area is 179 Å². The molecule has 3 fully saturated rings. The summed E-state index contributed by atoms with van der Waals surface area (Å²) in [6.45, 7) is 16.3. The molecule has 5 aliphatic rings. The Morgan fingerprint density at radius 2 is 1.48 bits per heavy atom. The highest BCUT2D eigenvalue weighted by atomic mass is 16.7. The summed E-state index contributed by atoms with van der Waals surface area (Å²) in [5.41, 5.74) is 3.46. The molecule has 0 N–H and O–H groups in total. The molecule has 1 heterocycles. The van der Waals surface area contributed by atoms with Gasteiger partial charge in [-0.15, -0.1) is 0 Å². The summed E-state index contributed by atoms with van der Waals surface area (Å²) in [5, 5.41) is 0. The van der Waals surface area contributed by atoms with E-state index in [9.17, 15) is 0 Å². The van der Waals surface area contributed by atoms with Crippen LogP contribution >= 0.6 is 0 Å². The minimum absolute atomic E-state index is 0.160. The van der Waals surface area contributed by atoms with Crippen molar-refractivity contribution in [3.8, 4) is 0 Å². The number of rotatable bonds is 1. The van der Waals surface area contributed by atoms with Gasteiger partial charge in [0.05, 0.1) is 11.2 Å². The Kier molecular flexibility index (Phi) is 4.39. The Balaban J connectivity index is 1.42. The average Bonchev–Trinajstić information content (AvgIpc) is 3.08. The number of allylic oxidation sites excluding steroid dienone is 4. The minimum atomic E-state index is -0.251. The van der Waals surface area contributed by atoms with Crippen LogP contribution in [0.3, 0.4) is 0 Å². The molecule has 0 amide bonds. The zero-order chi connectivity index (χ0) is 20.8. The quantitative estimate of drug-likeness (QED) is 0.360. The average molecular weight is 396 g/mol. The normalized spacial score (nSPS) is 47.8. The van der Waals surface area contributed by atoms with E-state index in [-0.39, 0.29) is 23.7 Å². The zero-order valence-corrected chi connectivity index (χ0v) is 19.8. The maximum absolute atomic E-state index is 6.51. The van der Waals surface area contributed by atoms with Gasteiger partial charge in [-0.2, -0.15) is 0 Å². The van der Waals surface area contributed by atoms with Crippen molar-refractivity contribution in [1.29, 1.82) is 0 Å². The van der Waals surface area contributed by atoms with Gasteiger partial charge < -0.3 is 9.31 Å². The highest BCUT2D eigenvalue weighted by molar-refractivity contribution is 6.55. The molecule has 5 rings (SSSR count). The van der Waals surface area contributed by atoms with Crippen LogP contribution < -0.4 is 0 Å². The van der Waals surface area contributed by atoms with Crippen molar-refractivity contribution < 1.29 is 9.31 Å². The van der Waals surface area contributed by atoms with Crippen molar-refractivity contribution in [3.05, 3.63) is 23.2 Å². The minimum Gasteiger partial charge on any atom is -0.400 e. The lowest BCUT2D eigenvalue weighted by atomic mass is 9.45. The molecule has 4 aliphatic carbocycles. The van der Waals surface area contributed by atoms with E-state index >= 15 is 0 Å². The van der Waals surface area contributed by atoms with E-state index in [1.54, 1.807) is 5.57 Å². The molecule has 160 valence electrons. The van der Waals surface area contributed by atoms with Crippen molar-refractivity contribution in [1.82, 2.24) is 0 Å². The van der Waals surface area contributed by atoms with E-state index in [1.807, 2.05) is 0 Å². The van der Waals surface area contributed by atoms with Gasteiger partial charge in [0.25, 0.3) is 0 Å². The van der Waals surface area contributed by atoms with Crippen LogP contribution in [-0.4, -0.2) is 18.3 Å². The zero-order valence-electron chi connectivity index (χ0n) is 19.8. The van der Waals surface area contributed by atoms with Crippen molar-refractivity contribution in [2.75, 3.05) is 0 Å². The van der Waals surface area contributed by atoms with Crippen molar-refractivity contribution in [3.63, 3.8) is 0 Å². The number of fused-ring (bicyclic) bond motifs is 5. The van der Waals surface area contributed by atoms with E-state index in [2.05, 4.69) is 60.6 Å². The molecule has 2 nitrogen and oxygen atoms in total. The first kappa shape index (κ1) is 20.4. The summed E-state index contributed by atoms with van der Waals surface area (Å²) < 4.78 is 13.0. The monoisotopic (exact) mass is 396 g/mol. The highest BCUT2D eigenvalue weighted by Crippen LogP contribution is 2.66. The second-order valence-electron chi connectivity index (χ2n) is 12.5. The van der Waals surface area contributed by atoms with E-state index in [4.69, 9.17) is 9.31 Å². The Morgan fingerprint density at radius 3 is 2.17 bits per heavy atom. The summed E-state index contributed by atoms with van der Waals surface area (Å²) in [5.74, 6) is 3.33. The lowest BCUT2D eigenvalue weighted by Gasteiger charge is -2.58. The summed E-state index contributed by atoms with van der Waals surface area (Å²) in [6, 6.07) is 0. The Morgan fingerprint density at radius 1 is 0.828 bits per heavy atom. The highest BCUT2D eigenvalue weighted by Gasteiger charge is 2.61. The molecule has 0 bridgehead atoms. The largest absolute Gasteiger partial charge is 0.490 e. The number of hydrogen-bond acceptors (Lipinski definition) is 2. The third kappa shape index (κ3) is 2.75. The second-order valence-corrected chi connectivity index (χ2v) is 12.5. The van der Waals surface area contributed by atoms with Crippen LogP contribution in [0.4, 0.5) is 0 Å². The second kappa shape index (κ2) is 6.25. The van der Waals surface area contributed by atoms with Crippen LogP contribution in [0.15, 0.2) is 23.2 Å². The van der Waals surface area contributed by atoms with Gasteiger partial charge in [-0.25, -0.2) is 0 Å². The third-order valence-electron chi connectivity index (χ3n) is 10.5. The Bertz CT molecular complexity index is 749. The molecule has 0 unspecified atom stereocenters. The molecule has 0 radical (unpaired) electrons. The first-order valence-corrected chi connectivity index (χ1v) is 12.2. The van der Waals surface area contributed by atoms with Crippen molar-refractivity contribution >= 4 is 7.12 Å². The molecular weight excluding hydrogens is 355 g/mol. The molecule has 0 aromatic carbocycles. The van der Waals surface area contributed by atoms with Gasteiger partial charge in [-0.1, -0.05) is 38.5 Å². The summed E-state index contributed by atoms with van der Waals surface area (Å²) in [7, 11) is -0.160. The summed E-state index contributed by atoms with van der Waals surface area (Å²) in [4.78, 5) is 0. The molecule has 29 heavy (non-hydrogen) atoms. The summed E-state index contributed by atoms with van der Waals surface area (Å²) >= 11 is 0. The number of hydrogen-bond donors (Lipinski definition) is 0. The van der Waals surface area contributed by atoms with Crippen LogP contribution in [0.5, 0.6) is 0 Å². The molecule has 1 saturated heterocycles. The molecule has 0 aromatic rings. The fourth-order valence-corrected chi connectivity index (χ4v) is 7.78. The van der Waals surface area contributed by atoms with Gasteiger partial charge in [0.15, 0.2) is 0 Å². The van der Waals surface area contributed by atoms with Gasteiger partial charge >= 0.3 is 7.12 Å². The van der Waals surface area contributed by atoms with Crippen LogP contribution in [0, 0.1) is 34.5 Å². The fourth-order valence-electron chi connectivity index (χ4n) is 7.78. The topological polar surface area (TPSA) is 18.5 Å². The first-order chi connectivity index (χ1) is 13.5. The fraction of sp³-hybridized carbons (Fsp3) is 0.846. The molecule has 2 saturated carbocycles. The first-order valence-electron chi connectivity index (χ1n) is 12.2. The standard InChI is InChI=1S/C26H41BO2/c1-17-12-14-25(6)18(16-17)8-9-19-20-10-11-22(26(20,7)15-13-21(19)25)27-28-23(2,3)24(4,5)29-27/h8,11,17,19-21H,9-10,12-16H2,1-7H3/t17-,19-,20-,21-,25-,26-/m0/s1. The lowest BCUT2D eigenvalue weighted by Crippen LogP contribution is -2.50. The van der Waals surface area contributed by atoms with Crippen LogP contribution in [-0.2, 0) is 9.31 Å². The van der Waals surface area contributed by atoms with Crippen LogP contribution in [0.2, 0.25) is 0 Å². The van der Waals surface area contributed by atoms with Crippen molar-refractivity contribution in [2.24, 2.45) is 34.5 Å². The van der Waals surface area contributed by atoms with Crippen LogP contribution in [0.1, 0.15) is 93.4 Å². The Hall–Kier alpha value is -0.535.